The summed E-state index contributed by atoms with van der Waals surface area (Å²) in [6, 6.07) is 20.5. The Bertz CT molecular complexity index is 1520. The zero-order valence-electron chi connectivity index (χ0n) is 22.1. The fourth-order valence-electron chi connectivity index (χ4n) is 4.31. The molecule has 0 aliphatic heterocycles. The number of benzene rings is 3. The maximum Gasteiger partial charge on any atom is 0.359 e. The number of para-hydroxylation sites is 3. The molecule has 0 spiro atoms. The number of aromatic nitrogens is 2. The molecule has 0 atom stereocenters. The molecule has 1 heterocycles. The monoisotopic (exact) mass is 528 g/mol. The van der Waals surface area contributed by atoms with Crippen LogP contribution in [0.25, 0.3) is 11.3 Å². The number of ketones is 2. The Balaban J connectivity index is 2.00. The van der Waals surface area contributed by atoms with Gasteiger partial charge in [-0.2, -0.15) is 5.10 Å². The summed E-state index contributed by atoms with van der Waals surface area (Å²) in [6.45, 7) is 1.43. The van der Waals surface area contributed by atoms with Crippen LogP contribution in [0.5, 0.6) is 17.2 Å². The van der Waals surface area contributed by atoms with Gasteiger partial charge in [-0.1, -0.05) is 36.4 Å². The van der Waals surface area contributed by atoms with E-state index in [1.54, 1.807) is 79.7 Å². The van der Waals surface area contributed by atoms with E-state index in [-0.39, 0.29) is 41.4 Å². The van der Waals surface area contributed by atoms with E-state index in [0.29, 0.717) is 28.4 Å². The minimum atomic E-state index is -0.796. The molecule has 9 heteroatoms. The number of carbonyl (C=O) groups excluding carboxylic acids is 3. The molecular weight excluding hydrogens is 500 g/mol. The smallest absolute Gasteiger partial charge is 0.359 e. The van der Waals surface area contributed by atoms with Crippen molar-refractivity contribution in [3.05, 3.63) is 95.2 Å². The van der Waals surface area contributed by atoms with E-state index < -0.39 is 11.8 Å². The molecule has 0 amide bonds. The van der Waals surface area contributed by atoms with Crippen molar-refractivity contribution in [1.29, 1.82) is 0 Å². The summed E-state index contributed by atoms with van der Waals surface area (Å²) in [7, 11) is 4.42. The van der Waals surface area contributed by atoms with Crippen molar-refractivity contribution >= 4 is 17.5 Å². The number of methoxy groups -OCH3 is 3. The highest BCUT2D eigenvalue weighted by Crippen LogP contribution is 2.37. The topological polar surface area (TPSA) is 106 Å². The summed E-state index contributed by atoms with van der Waals surface area (Å²) < 4.78 is 23.0. The molecule has 1 aromatic heterocycles. The molecule has 0 bridgehead atoms. The van der Waals surface area contributed by atoms with E-state index in [4.69, 9.17) is 18.9 Å². The van der Waals surface area contributed by atoms with Crippen LogP contribution in [0.3, 0.4) is 0 Å². The fourth-order valence-corrected chi connectivity index (χ4v) is 4.31. The summed E-state index contributed by atoms with van der Waals surface area (Å²) in [5.74, 6) is -0.515. The molecule has 200 valence electrons. The molecule has 4 rings (SSSR count). The fraction of sp³-hybridized carbons (Fsp3) is 0.200. The van der Waals surface area contributed by atoms with Crippen LogP contribution >= 0.6 is 0 Å². The lowest BCUT2D eigenvalue weighted by molar-refractivity contribution is 0.0515. The summed E-state index contributed by atoms with van der Waals surface area (Å²) in [5.41, 5.74) is 0.995. The number of carbonyl (C=O) groups is 3. The van der Waals surface area contributed by atoms with Gasteiger partial charge < -0.3 is 18.9 Å². The van der Waals surface area contributed by atoms with Gasteiger partial charge in [0, 0.05) is 5.56 Å². The van der Waals surface area contributed by atoms with Crippen LogP contribution in [0.2, 0.25) is 0 Å². The summed E-state index contributed by atoms with van der Waals surface area (Å²) >= 11 is 0. The molecule has 0 saturated heterocycles. The number of esters is 1. The van der Waals surface area contributed by atoms with Crippen molar-refractivity contribution < 1.29 is 33.3 Å². The van der Waals surface area contributed by atoms with E-state index in [0.717, 1.165) is 0 Å². The highest BCUT2D eigenvalue weighted by atomic mass is 16.5. The molecular formula is C30H28N2O7. The van der Waals surface area contributed by atoms with Gasteiger partial charge in [0.1, 0.15) is 23.8 Å². The van der Waals surface area contributed by atoms with Crippen molar-refractivity contribution in [1.82, 2.24) is 9.78 Å². The van der Waals surface area contributed by atoms with Gasteiger partial charge in [-0.3, -0.25) is 14.3 Å². The van der Waals surface area contributed by atoms with Crippen LogP contribution in [0.1, 0.15) is 43.7 Å². The minimum absolute atomic E-state index is 0.0322. The number of rotatable bonds is 11. The summed E-state index contributed by atoms with van der Waals surface area (Å²) in [6.07, 6.45) is 0. The Kier molecular flexibility index (Phi) is 8.40. The van der Waals surface area contributed by atoms with E-state index in [1.807, 2.05) is 0 Å². The van der Waals surface area contributed by atoms with Gasteiger partial charge in [-0.15, -0.1) is 0 Å². The third kappa shape index (κ3) is 5.38. The van der Waals surface area contributed by atoms with Crippen LogP contribution in [-0.4, -0.2) is 55.3 Å². The Morgan fingerprint density at radius 2 is 1.28 bits per heavy atom. The Labute approximate surface area is 225 Å². The van der Waals surface area contributed by atoms with E-state index in [2.05, 4.69) is 5.10 Å². The molecule has 0 fully saturated rings. The number of hydrogen-bond acceptors (Lipinski definition) is 8. The number of nitrogens with zero attached hydrogens (tertiary/aromatic N) is 2. The van der Waals surface area contributed by atoms with Gasteiger partial charge in [-0.05, 0) is 43.3 Å². The molecule has 0 unspecified atom stereocenters. The molecule has 0 radical (unpaired) electrons. The molecule has 0 N–H and O–H groups in total. The van der Waals surface area contributed by atoms with E-state index in [1.165, 1.54) is 26.0 Å². The van der Waals surface area contributed by atoms with E-state index in [9.17, 15) is 14.4 Å². The Morgan fingerprint density at radius 1 is 0.744 bits per heavy atom. The Morgan fingerprint density at radius 3 is 1.90 bits per heavy atom. The van der Waals surface area contributed by atoms with E-state index >= 15 is 0 Å². The number of Topliss-reactive ketones (excluding diaryl/α,β-unsaturated/α-hetero) is 1. The van der Waals surface area contributed by atoms with Crippen molar-refractivity contribution in [2.45, 2.75) is 13.5 Å². The van der Waals surface area contributed by atoms with Gasteiger partial charge in [0.2, 0.25) is 5.78 Å². The highest BCUT2D eigenvalue weighted by Gasteiger charge is 2.33. The molecule has 39 heavy (non-hydrogen) atoms. The van der Waals surface area contributed by atoms with Crippen molar-refractivity contribution in [3.63, 3.8) is 0 Å². The molecule has 0 aliphatic carbocycles. The SMILES string of the molecule is CCOC(=O)c1nn(CC(=O)c2ccccc2OC)c(-c2ccccc2OC)c1C(=O)c1ccccc1OC. The van der Waals surface area contributed by atoms with Crippen LogP contribution in [-0.2, 0) is 11.3 Å². The molecule has 0 saturated carbocycles. The highest BCUT2D eigenvalue weighted by molar-refractivity contribution is 6.18. The van der Waals surface area contributed by atoms with Crippen LogP contribution in [0.4, 0.5) is 0 Å². The predicted molar refractivity (Wildman–Crippen MR) is 144 cm³/mol. The second kappa shape index (κ2) is 12.1. The average molecular weight is 529 g/mol. The lowest BCUT2D eigenvalue weighted by Gasteiger charge is -2.14. The average Bonchev–Trinajstić information content (AvgIpc) is 3.35. The van der Waals surface area contributed by atoms with Gasteiger partial charge in [-0.25, -0.2) is 4.79 Å². The first-order chi connectivity index (χ1) is 18.9. The van der Waals surface area contributed by atoms with Crippen LogP contribution < -0.4 is 14.2 Å². The first-order valence-electron chi connectivity index (χ1n) is 12.2. The van der Waals surface area contributed by atoms with Crippen molar-refractivity contribution in [3.8, 4) is 28.5 Å². The van der Waals surface area contributed by atoms with Crippen LogP contribution in [0, 0.1) is 0 Å². The van der Waals surface area contributed by atoms with Gasteiger partial charge in [0.25, 0.3) is 0 Å². The minimum Gasteiger partial charge on any atom is -0.496 e. The molecule has 0 aliphatic rings. The molecule has 4 aromatic rings. The van der Waals surface area contributed by atoms with Gasteiger partial charge >= 0.3 is 5.97 Å². The second-order valence-corrected chi connectivity index (χ2v) is 8.30. The summed E-state index contributed by atoms with van der Waals surface area (Å²) in [5, 5.41) is 4.47. The second-order valence-electron chi connectivity index (χ2n) is 8.30. The maximum atomic E-state index is 14.1. The quantitative estimate of drug-likeness (QED) is 0.201. The predicted octanol–water partition coefficient (Wildman–Crippen LogP) is 4.87. The first-order valence-corrected chi connectivity index (χ1v) is 12.2. The lowest BCUT2D eigenvalue weighted by Crippen LogP contribution is -2.15. The number of hydrogen-bond donors (Lipinski definition) is 0. The standard InChI is InChI=1S/C30H28N2O7/c1-5-39-30(35)27-26(29(34)21-14-8-11-17-25(21)38-4)28(20-13-7-10-16-24(20)37-3)32(31-27)18-22(33)19-12-6-9-15-23(19)36-2/h6-17H,5,18H2,1-4H3. The third-order valence-corrected chi connectivity index (χ3v) is 6.06. The third-order valence-electron chi connectivity index (χ3n) is 6.06. The van der Waals surface area contributed by atoms with Gasteiger partial charge in [0.15, 0.2) is 11.5 Å². The Hall–Kier alpha value is -4.92. The zero-order chi connectivity index (χ0) is 27.9. The largest absolute Gasteiger partial charge is 0.496 e. The lowest BCUT2D eigenvalue weighted by atomic mass is 9.96. The first kappa shape index (κ1) is 27.1. The van der Waals surface area contributed by atoms with Gasteiger partial charge in [0.05, 0.1) is 50.3 Å². The number of ether oxygens (including phenoxy) is 4. The van der Waals surface area contributed by atoms with Crippen molar-refractivity contribution in [2.24, 2.45) is 0 Å². The normalized spacial score (nSPS) is 10.6. The maximum absolute atomic E-state index is 14.1. The zero-order valence-corrected chi connectivity index (χ0v) is 22.1. The summed E-state index contributed by atoms with van der Waals surface area (Å²) in [4.78, 5) is 40.8. The molecule has 9 nitrogen and oxygen atoms in total. The van der Waals surface area contributed by atoms with Crippen molar-refractivity contribution in [2.75, 3.05) is 27.9 Å². The van der Waals surface area contributed by atoms with Crippen LogP contribution in [0.15, 0.2) is 72.8 Å². The molecule has 3 aromatic carbocycles.